The Labute approximate surface area is 91.9 Å². The number of aromatic amines is 1. The molecule has 2 N–H and O–H groups in total. The maximum atomic E-state index is 4.26. The third kappa shape index (κ3) is 4.93. The Balaban J connectivity index is 2.06. The van der Waals surface area contributed by atoms with Gasteiger partial charge in [-0.2, -0.15) is 5.10 Å². The maximum Gasteiger partial charge on any atom is 0.151 e. The van der Waals surface area contributed by atoms with Crippen molar-refractivity contribution in [2.24, 2.45) is 5.92 Å². The number of H-pyrrole nitrogens is 1. The molecule has 0 saturated heterocycles. The lowest BCUT2D eigenvalue weighted by Crippen LogP contribution is -2.23. The second kappa shape index (κ2) is 6.56. The van der Waals surface area contributed by atoms with Crippen LogP contribution < -0.4 is 5.32 Å². The highest BCUT2D eigenvalue weighted by molar-refractivity contribution is 4.87. The van der Waals surface area contributed by atoms with Crippen molar-refractivity contribution >= 4 is 0 Å². The Kier molecular flexibility index (Phi) is 5.32. The molecule has 0 amide bonds. The molecule has 86 valence electrons. The molecule has 0 aromatic carbocycles. The largest absolute Gasteiger partial charge is 0.316 e. The van der Waals surface area contributed by atoms with Gasteiger partial charge in [-0.3, -0.25) is 5.10 Å². The van der Waals surface area contributed by atoms with E-state index in [-0.39, 0.29) is 0 Å². The molecule has 15 heavy (non-hydrogen) atoms. The summed E-state index contributed by atoms with van der Waals surface area (Å²) in [4.78, 5) is 4.26. The summed E-state index contributed by atoms with van der Waals surface area (Å²) >= 11 is 0. The first-order valence-electron chi connectivity index (χ1n) is 5.81. The van der Waals surface area contributed by atoms with Crippen molar-refractivity contribution < 1.29 is 0 Å². The molecule has 0 spiro atoms. The Morgan fingerprint density at radius 2 is 2.27 bits per heavy atom. The molecule has 0 fully saturated rings. The van der Waals surface area contributed by atoms with Crippen LogP contribution in [0.15, 0.2) is 0 Å². The minimum Gasteiger partial charge on any atom is -0.316 e. The van der Waals surface area contributed by atoms with E-state index >= 15 is 0 Å². The summed E-state index contributed by atoms with van der Waals surface area (Å²) in [6.45, 7) is 8.50. The molecule has 0 aliphatic heterocycles. The van der Waals surface area contributed by atoms with Crippen LogP contribution in [0.5, 0.6) is 0 Å². The summed E-state index contributed by atoms with van der Waals surface area (Å²) in [7, 11) is 0. The minimum atomic E-state index is 0.767. The van der Waals surface area contributed by atoms with Gasteiger partial charge in [-0.15, -0.1) is 0 Å². The molecule has 1 aromatic heterocycles. The maximum absolute atomic E-state index is 4.26. The predicted molar refractivity (Wildman–Crippen MR) is 61.8 cm³/mol. The van der Waals surface area contributed by atoms with Gasteiger partial charge in [-0.05, 0) is 25.8 Å². The predicted octanol–water partition coefficient (Wildman–Crippen LogP) is 1.68. The van der Waals surface area contributed by atoms with Crippen molar-refractivity contribution in [2.45, 2.75) is 40.0 Å². The summed E-state index contributed by atoms with van der Waals surface area (Å²) in [5.41, 5.74) is 0. The standard InChI is InChI=1S/C11H22N4/c1-4-5-9(2)8-12-7-6-11-13-10(3)14-15-11/h9,12H,4-8H2,1-3H3,(H,13,14,15). The number of aryl methyl sites for hydroxylation is 1. The molecule has 4 nitrogen and oxygen atoms in total. The van der Waals surface area contributed by atoms with E-state index in [2.05, 4.69) is 34.3 Å². The minimum absolute atomic E-state index is 0.767. The van der Waals surface area contributed by atoms with Crippen LogP contribution in [0.25, 0.3) is 0 Å². The number of nitrogens with one attached hydrogen (secondary N) is 2. The summed E-state index contributed by atoms with van der Waals surface area (Å²) in [6, 6.07) is 0. The van der Waals surface area contributed by atoms with E-state index in [4.69, 9.17) is 0 Å². The Morgan fingerprint density at radius 3 is 2.87 bits per heavy atom. The van der Waals surface area contributed by atoms with Gasteiger partial charge in [0.2, 0.25) is 0 Å². The lowest BCUT2D eigenvalue weighted by molar-refractivity contribution is 0.476. The zero-order valence-corrected chi connectivity index (χ0v) is 10.0. The molecule has 0 saturated carbocycles. The molecule has 0 aliphatic rings. The third-order valence-electron chi connectivity index (χ3n) is 2.44. The molecule has 0 bridgehead atoms. The lowest BCUT2D eigenvalue weighted by atomic mass is 10.1. The van der Waals surface area contributed by atoms with Crippen molar-refractivity contribution in [3.63, 3.8) is 0 Å². The van der Waals surface area contributed by atoms with Gasteiger partial charge < -0.3 is 5.32 Å². The van der Waals surface area contributed by atoms with E-state index in [0.29, 0.717) is 0 Å². The first-order chi connectivity index (χ1) is 7.22. The molecule has 1 unspecified atom stereocenters. The first kappa shape index (κ1) is 12.2. The molecule has 0 radical (unpaired) electrons. The number of rotatable bonds is 7. The fourth-order valence-electron chi connectivity index (χ4n) is 1.64. The first-order valence-corrected chi connectivity index (χ1v) is 5.81. The second-order valence-corrected chi connectivity index (χ2v) is 4.19. The van der Waals surface area contributed by atoms with Crippen molar-refractivity contribution in [2.75, 3.05) is 13.1 Å². The van der Waals surface area contributed by atoms with E-state index in [1.807, 2.05) is 6.92 Å². The van der Waals surface area contributed by atoms with Crippen molar-refractivity contribution in [3.8, 4) is 0 Å². The highest BCUT2D eigenvalue weighted by atomic mass is 15.2. The lowest BCUT2D eigenvalue weighted by Gasteiger charge is -2.10. The molecule has 4 heteroatoms. The van der Waals surface area contributed by atoms with Crippen LogP contribution >= 0.6 is 0 Å². The highest BCUT2D eigenvalue weighted by Crippen LogP contribution is 2.02. The number of aromatic nitrogens is 3. The molecule has 1 atom stereocenters. The van der Waals surface area contributed by atoms with E-state index in [1.54, 1.807) is 0 Å². The van der Waals surface area contributed by atoms with Crippen LogP contribution in [-0.4, -0.2) is 28.3 Å². The molecule has 0 aliphatic carbocycles. The molecule has 1 heterocycles. The number of nitrogens with zero attached hydrogens (tertiary/aromatic N) is 2. The zero-order valence-electron chi connectivity index (χ0n) is 10.0. The summed E-state index contributed by atoms with van der Waals surface area (Å²) < 4.78 is 0. The number of hydrogen-bond acceptors (Lipinski definition) is 3. The van der Waals surface area contributed by atoms with Crippen molar-refractivity contribution in [3.05, 3.63) is 11.6 Å². The fraction of sp³-hybridized carbons (Fsp3) is 0.818. The van der Waals surface area contributed by atoms with Gasteiger partial charge in [0.05, 0.1) is 0 Å². The summed E-state index contributed by atoms with van der Waals surface area (Å²) in [6.07, 6.45) is 3.47. The fourth-order valence-corrected chi connectivity index (χ4v) is 1.64. The third-order valence-corrected chi connectivity index (χ3v) is 2.44. The van der Waals surface area contributed by atoms with Gasteiger partial charge in [0, 0.05) is 13.0 Å². The van der Waals surface area contributed by atoms with Crippen molar-refractivity contribution in [1.29, 1.82) is 0 Å². The normalized spacial score (nSPS) is 13.0. The average molecular weight is 210 g/mol. The van der Waals surface area contributed by atoms with Gasteiger partial charge in [-0.1, -0.05) is 20.3 Å². The van der Waals surface area contributed by atoms with Crippen LogP contribution in [0.1, 0.15) is 38.3 Å². The Bertz CT molecular complexity index is 269. The van der Waals surface area contributed by atoms with Crippen LogP contribution in [0.2, 0.25) is 0 Å². The van der Waals surface area contributed by atoms with E-state index in [0.717, 1.165) is 37.1 Å². The molecule has 1 rings (SSSR count). The van der Waals surface area contributed by atoms with Gasteiger partial charge in [-0.25, -0.2) is 4.98 Å². The number of hydrogen-bond donors (Lipinski definition) is 2. The Morgan fingerprint density at radius 1 is 1.47 bits per heavy atom. The monoisotopic (exact) mass is 210 g/mol. The van der Waals surface area contributed by atoms with E-state index in [9.17, 15) is 0 Å². The van der Waals surface area contributed by atoms with Crippen LogP contribution in [0.4, 0.5) is 0 Å². The molecular formula is C11H22N4. The summed E-state index contributed by atoms with van der Waals surface area (Å²) in [5, 5.41) is 10.4. The molecular weight excluding hydrogens is 188 g/mol. The quantitative estimate of drug-likeness (QED) is 0.673. The van der Waals surface area contributed by atoms with Gasteiger partial charge in [0.1, 0.15) is 5.82 Å². The van der Waals surface area contributed by atoms with Crippen molar-refractivity contribution in [1.82, 2.24) is 20.5 Å². The summed E-state index contributed by atoms with van der Waals surface area (Å²) in [5.74, 6) is 2.57. The van der Waals surface area contributed by atoms with Gasteiger partial charge in [0.25, 0.3) is 0 Å². The smallest absolute Gasteiger partial charge is 0.151 e. The Hall–Kier alpha value is -0.900. The van der Waals surface area contributed by atoms with E-state index in [1.165, 1.54) is 12.8 Å². The van der Waals surface area contributed by atoms with Gasteiger partial charge in [0.15, 0.2) is 5.82 Å². The molecule has 1 aromatic rings. The van der Waals surface area contributed by atoms with Gasteiger partial charge >= 0.3 is 0 Å². The van der Waals surface area contributed by atoms with Crippen LogP contribution in [0, 0.1) is 12.8 Å². The topological polar surface area (TPSA) is 53.6 Å². The second-order valence-electron chi connectivity index (χ2n) is 4.19. The van der Waals surface area contributed by atoms with Crippen LogP contribution in [0.3, 0.4) is 0 Å². The van der Waals surface area contributed by atoms with E-state index < -0.39 is 0 Å². The zero-order chi connectivity index (χ0) is 11.1. The average Bonchev–Trinajstić information content (AvgIpc) is 2.60. The highest BCUT2D eigenvalue weighted by Gasteiger charge is 2.01. The SMILES string of the molecule is CCCC(C)CNCCc1n[nH]c(C)n1. The van der Waals surface area contributed by atoms with Crippen LogP contribution in [-0.2, 0) is 6.42 Å².